The van der Waals surface area contributed by atoms with Gasteiger partial charge >= 0.3 is 17.1 Å². The fourth-order valence-corrected chi connectivity index (χ4v) is 1.92. The number of nitro benzene ring substituents is 1. The van der Waals surface area contributed by atoms with Gasteiger partial charge in [0.2, 0.25) is 0 Å². The first-order valence-corrected chi connectivity index (χ1v) is 6.54. The molecule has 130 valence electrons. The molecule has 0 saturated carbocycles. The molecule has 1 aromatic carbocycles. The standard InChI is InChI=1S/C13H14N4O6.BrH/c1-13(2,12(20)21)14-5-6-3-7(17(22)23)4-8-9(6)16-11(19)10(18)15-8;/h3-4,14H,5H2,1-2H3,(H,15,18)(H,16,19)(H,20,21);1H. The van der Waals surface area contributed by atoms with Gasteiger partial charge in [0.15, 0.2) is 0 Å². The highest BCUT2D eigenvalue weighted by atomic mass is 79.9. The predicted octanol–water partition coefficient (Wildman–Crippen LogP) is 0.655. The van der Waals surface area contributed by atoms with Crippen molar-refractivity contribution in [3.05, 3.63) is 48.5 Å². The Hall–Kier alpha value is -2.53. The Bertz CT molecular complexity index is 917. The Balaban J connectivity index is 0.00000288. The van der Waals surface area contributed by atoms with Gasteiger partial charge in [-0.3, -0.25) is 29.8 Å². The number of non-ortho nitro benzene ring substituents is 1. The number of H-pyrrole nitrogens is 2. The van der Waals surface area contributed by atoms with Crippen molar-refractivity contribution >= 4 is 39.7 Å². The largest absolute Gasteiger partial charge is 0.480 e. The molecule has 0 aliphatic heterocycles. The summed E-state index contributed by atoms with van der Waals surface area (Å²) in [6.07, 6.45) is 0. The summed E-state index contributed by atoms with van der Waals surface area (Å²) in [5.74, 6) is -1.10. The van der Waals surface area contributed by atoms with E-state index in [1.807, 2.05) is 0 Å². The van der Waals surface area contributed by atoms with E-state index in [1.165, 1.54) is 19.9 Å². The van der Waals surface area contributed by atoms with Gasteiger partial charge in [-0.15, -0.1) is 17.0 Å². The number of aliphatic carboxylic acids is 1. The molecule has 0 bridgehead atoms. The Morgan fingerprint density at radius 2 is 1.88 bits per heavy atom. The Labute approximate surface area is 144 Å². The van der Waals surface area contributed by atoms with Crippen molar-refractivity contribution in [2.75, 3.05) is 0 Å². The van der Waals surface area contributed by atoms with Crippen LogP contribution >= 0.6 is 17.0 Å². The Morgan fingerprint density at radius 3 is 2.42 bits per heavy atom. The highest BCUT2D eigenvalue weighted by molar-refractivity contribution is 8.93. The van der Waals surface area contributed by atoms with Gasteiger partial charge in [0.25, 0.3) is 5.69 Å². The smallest absolute Gasteiger partial charge is 0.323 e. The molecule has 0 radical (unpaired) electrons. The van der Waals surface area contributed by atoms with Crippen LogP contribution in [0.5, 0.6) is 0 Å². The number of carboxylic acids is 1. The fraction of sp³-hybridized carbons (Fsp3) is 0.308. The second-order valence-corrected chi connectivity index (χ2v) is 5.48. The average Bonchev–Trinajstić information content (AvgIpc) is 2.45. The number of nitro groups is 1. The van der Waals surface area contributed by atoms with E-state index < -0.39 is 27.6 Å². The zero-order valence-corrected chi connectivity index (χ0v) is 14.4. The maximum atomic E-state index is 11.5. The number of aromatic nitrogens is 2. The molecule has 4 N–H and O–H groups in total. The van der Waals surface area contributed by atoms with Gasteiger partial charge in [-0.25, -0.2) is 0 Å². The molecule has 24 heavy (non-hydrogen) atoms. The molecule has 11 heteroatoms. The third kappa shape index (κ3) is 3.86. The highest BCUT2D eigenvalue weighted by Crippen LogP contribution is 2.22. The van der Waals surface area contributed by atoms with Gasteiger partial charge in [0, 0.05) is 18.7 Å². The van der Waals surface area contributed by atoms with Gasteiger partial charge in [-0.05, 0) is 19.4 Å². The summed E-state index contributed by atoms with van der Waals surface area (Å²) >= 11 is 0. The van der Waals surface area contributed by atoms with Crippen LogP contribution in [-0.2, 0) is 11.3 Å². The van der Waals surface area contributed by atoms with Crippen LogP contribution in [0.1, 0.15) is 19.4 Å². The van der Waals surface area contributed by atoms with Crippen LogP contribution in [0.4, 0.5) is 5.69 Å². The molecule has 10 nitrogen and oxygen atoms in total. The molecule has 1 heterocycles. The maximum absolute atomic E-state index is 11.5. The van der Waals surface area contributed by atoms with E-state index in [2.05, 4.69) is 15.3 Å². The van der Waals surface area contributed by atoms with E-state index in [0.29, 0.717) is 0 Å². The minimum Gasteiger partial charge on any atom is -0.480 e. The van der Waals surface area contributed by atoms with Crippen LogP contribution in [-0.4, -0.2) is 31.5 Å². The summed E-state index contributed by atoms with van der Waals surface area (Å²) in [7, 11) is 0. The van der Waals surface area contributed by atoms with Gasteiger partial charge in [-0.2, -0.15) is 0 Å². The SMILES string of the molecule is Br.CC(C)(NCc1cc([N+](=O)[O-])cc2[nH]c(=O)c(=O)[nH]c12)C(=O)O. The molecule has 0 saturated heterocycles. The molecule has 2 rings (SSSR count). The first-order valence-electron chi connectivity index (χ1n) is 6.54. The number of halogens is 1. The van der Waals surface area contributed by atoms with Crippen molar-refractivity contribution in [3.8, 4) is 0 Å². The number of aromatic amines is 2. The molecule has 0 aliphatic rings. The number of carbonyl (C=O) groups is 1. The van der Waals surface area contributed by atoms with Gasteiger partial charge < -0.3 is 15.1 Å². The molecular formula is C13H15BrN4O6. The second-order valence-electron chi connectivity index (χ2n) is 5.48. The number of nitrogens with one attached hydrogen (secondary N) is 3. The van der Waals surface area contributed by atoms with Crippen molar-refractivity contribution < 1.29 is 14.8 Å². The number of nitrogens with zero attached hydrogens (tertiary/aromatic N) is 1. The van der Waals surface area contributed by atoms with Gasteiger partial charge in [0.1, 0.15) is 5.54 Å². The number of benzene rings is 1. The second kappa shape index (κ2) is 6.93. The van der Waals surface area contributed by atoms with Crippen molar-refractivity contribution in [1.29, 1.82) is 0 Å². The van der Waals surface area contributed by atoms with E-state index in [-0.39, 0.29) is 45.8 Å². The lowest BCUT2D eigenvalue weighted by Gasteiger charge is -2.21. The first-order chi connectivity index (χ1) is 10.6. The van der Waals surface area contributed by atoms with Gasteiger partial charge in [0.05, 0.1) is 16.0 Å². The molecule has 0 fully saturated rings. The number of hydrogen-bond donors (Lipinski definition) is 4. The van der Waals surface area contributed by atoms with Crippen molar-refractivity contribution in [2.45, 2.75) is 25.9 Å². The van der Waals surface area contributed by atoms with Crippen LogP contribution in [0, 0.1) is 10.1 Å². The number of hydrogen-bond acceptors (Lipinski definition) is 6. The number of rotatable bonds is 5. The topological polar surface area (TPSA) is 158 Å². The van der Waals surface area contributed by atoms with Crippen molar-refractivity contribution in [3.63, 3.8) is 0 Å². The Kier molecular flexibility index (Phi) is 5.63. The Morgan fingerprint density at radius 1 is 1.29 bits per heavy atom. The summed E-state index contributed by atoms with van der Waals surface area (Å²) < 4.78 is 0. The highest BCUT2D eigenvalue weighted by Gasteiger charge is 2.26. The van der Waals surface area contributed by atoms with E-state index in [9.17, 15) is 24.5 Å². The first kappa shape index (κ1) is 19.5. The lowest BCUT2D eigenvalue weighted by atomic mass is 10.0. The van der Waals surface area contributed by atoms with Crippen LogP contribution in [0.25, 0.3) is 11.0 Å². The lowest BCUT2D eigenvalue weighted by Crippen LogP contribution is -2.46. The van der Waals surface area contributed by atoms with Crippen LogP contribution < -0.4 is 16.4 Å². The minimum atomic E-state index is -1.28. The molecule has 0 aliphatic carbocycles. The summed E-state index contributed by atoms with van der Waals surface area (Å²) in [5, 5.41) is 22.8. The molecule has 0 atom stereocenters. The molecule has 0 spiro atoms. The summed E-state index contributed by atoms with van der Waals surface area (Å²) in [6, 6.07) is 2.33. The number of carboxylic acid groups (broad SMARTS) is 1. The monoisotopic (exact) mass is 402 g/mol. The van der Waals surface area contributed by atoms with Crippen molar-refractivity contribution in [2.24, 2.45) is 0 Å². The molecule has 0 unspecified atom stereocenters. The summed E-state index contributed by atoms with van der Waals surface area (Å²) in [6.45, 7) is 2.80. The van der Waals surface area contributed by atoms with E-state index in [1.54, 1.807) is 0 Å². The zero-order chi connectivity index (χ0) is 17.4. The maximum Gasteiger partial charge on any atom is 0.323 e. The third-order valence-electron chi connectivity index (χ3n) is 3.36. The van der Waals surface area contributed by atoms with Crippen LogP contribution in [0.2, 0.25) is 0 Å². The molecular weight excluding hydrogens is 388 g/mol. The molecule has 2 aromatic rings. The van der Waals surface area contributed by atoms with E-state index >= 15 is 0 Å². The summed E-state index contributed by atoms with van der Waals surface area (Å²) in [5.41, 5.74) is -2.81. The van der Waals surface area contributed by atoms with Crippen molar-refractivity contribution in [1.82, 2.24) is 15.3 Å². The minimum absolute atomic E-state index is 0. The predicted molar refractivity (Wildman–Crippen MR) is 90.7 cm³/mol. The molecule has 1 aromatic heterocycles. The van der Waals surface area contributed by atoms with Gasteiger partial charge in [-0.1, -0.05) is 0 Å². The summed E-state index contributed by atoms with van der Waals surface area (Å²) in [4.78, 5) is 48.9. The van der Waals surface area contributed by atoms with Crippen LogP contribution in [0.15, 0.2) is 21.7 Å². The zero-order valence-electron chi connectivity index (χ0n) is 12.7. The van der Waals surface area contributed by atoms with E-state index in [0.717, 1.165) is 6.07 Å². The fourth-order valence-electron chi connectivity index (χ4n) is 1.92. The normalized spacial score (nSPS) is 11.1. The third-order valence-corrected chi connectivity index (χ3v) is 3.36. The molecule has 0 amide bonds. The van der Waals surface area contributed by atoms with Crippen LogP contribution in [0.3, 0.4) is 0 Å². The average molecular weight is 403 g/mol. The number of fused-ring (bicyclic) bond motifs is 1. The van der Waals surface area contributed by atoms with E-state index in [4.69, 9.17) is 5.11 Å². The lowest BCUT2D eigenvalue weighted by molar-refractivity contribution is -0.384. The quantitative estimate of drug-likeness (QED) is 0.324.